The smallest absolute Gasteiger partial charge is 0.251 e. The molecule has 0 bridgehead atoms. The van der Waals surface area contributed by atoms with Crippen LogP contribution in [0.4, 0.5) is 5.69 Å². The predicted molar refractivity (Wildman–Crippen MR) is 109 cm³/mol. The number of anilines is 1. The average Bonchev–Trinajstić information content (AvgIpc) is 2.64. The van der Waals surface area contributed by atoms with Crippen molar-refractivity contribution in [1.82, 2.24) is 5.32 Å². The van der Waals surface area contributed by atoms with Crippen LogP contribution in [0.15, 0.2) is 42.5 Å². The van der Waals surface area contributed by atoms with Gasteiger partial charge in [-0.2, -0.15) is 0 Å². The lowest BCUT2D eigenvalue weighted by Crippen LogP contribution is -2.32. The van der Waals surface area contributed by atoms with E-state index in [-0.39, 0.29) is 11.9 Å². The number of carbonyl (C=O) groups is 1. The van der Waals surface area contributed by atoms with Crippen molar-refractivity contribution in [2.24, 2.45) is 5.92 Å². The third-order valence-electron chi connectivity index (χ3n) is 5.66. The van der Waals surface area contributed by atoms with Gasteiger partial charge in [-0.05, 0) is 80.5 Å². The van der Waals surface area contributed by atoms with Crippen LogP contribution < -0.4 is 10.2 Å². The Hall–Kier alpha value is -2.29. The van der Waals surface area contributed by atoms with Crippen molar-refractivity contribution in [2.75, 3.05) is 18.0 Å². The molecule has 0 aromatic heterocycles. The van der Waals surface area contributed by atoms with E-state index in [0.717, 1.165) is 35.7 Å². The quantitative estimate of drug-likeness (QED) is 0.839. The van der Waals surface area contributed by atoms with Crippen LogP contribution in [0.1, 0.15) is 59.8 Å². The summed E-state index contributed by atoms with van der Waals surface area (Å²) >= 11 is 0. The molecule has 3 nitrogen and oxygen atoms in total. The van der Waals surface area contributed by atoms with Gasteiger partial charge in [0, 0.05) is 24.3 Å². The highest BCUT2D eigenvalue weighted by atomic mass is 16.1. The molecule has 1 N–H and O–H groups in total. The van der Waals surface area contributed by atoms with Gasteiger partial charge in [0.1, 0.15) is 0 Å². The van der Waals surface area contributed by atoms with Crippen molar-refractivity contribution in [2.45, 2.75) is 46.6 Å². The van der Waals surface area contributed by atoms with E-state index in [0.29, 0.717) is 0 Å². The topological polar surface area (TPSA) is 32.3 Å². The molecular weight excluding hydrogens is 320 g/mol. The Morgan fingerprint density at radius 2 is 1.69 bits per heavy atom. The minimum atomic E-state index is -0.0188. The zero-order valence-electron chi connectivity index (χ0n) is 16.4. The van der Waals surface area contributed by atoms with Gasteiger partial charge >= 0.3 is 0 Å². The Kier molecular flexibility index (Phi) is 5.65. The number of hydrogen-bond donors (Lipinski definition) is 1. The average molecular weight is 351 g/mol. The van der Waals surface area contributed by atoms with Crippen LogP contribution in [-0.4, -0.2) is 19.0 Å². The van der Waals surface area contributed by atoms with Crippen molar-refractivity contribution in [3.63, 3.8) is 0 Å². The molecule has 1 amide bonds. The molecule has 26 heavy (non-hydrogen) atoms. The maximum absolute atomic E-state index is 12.5. The standard InChI is InChI=1S/C23H30N2O/c1-16-11-13-25(14-12-16)22-9-7-20(8-10-22)19(4)24-23(26)21-6-5-17(2)18(3)15-21/h5-10,15-16,19H,11-14H2,1-4H3,(H,24,26)/t19-/m1/s1. The lowest BCUT2D eigenvalue weighted by molar-refractivity contribution is 0.0940. The maximum Gasteiger partial charge on any atom is 0.251 e. The van der Waals surface area contributed by atoms with Gasteiger partial charge in [0.2, 0.25) is 0 Å². The normalized spacial score (nSPS) is 16.4. The summed E-state index contributed by atoms with van der Waals surface area (Å²) in [5, 5.41) is 3.11. The largest absolute Gasteiger partial charge is 0.372 e. The highest BCUT2D eigenvalue weighted by Gasteiger charge is 2.17. The van der Waals surface area contributed by atoms with Crippen molar-refractivity contribution < 1.29 is 4.79 Å². The highest BCUT2D eigenvalue weighted by molar-refractivity contribution is 5.94. The summed E-state index contributed by atoms with van der Waals surface area (Å²) in [6.07, 6.45) is 2.54. The van der Waals surface area contributed by atoms with Crippen molar-refractivity contribution >= 4 is 11.6 Å². The second-order valence-corrected chi connectivity index (χ2v) is 7.76. The molecule has 138 valence electrons. The van der Waals surface area contributed by atoms with E-state index >= 15 is 0 Å². The fourth-order valence-electron chi connectivity index (χ4n) is 3.49. The Labute approximate surface area is 157 Å². The zero-order valence-corrected chi connectivity index (χ0v) is 16.4. The van der Waals surface area contributed by atoms with Crippen LogP contribution in [0.25, 0.3) is 0 Å². The predicted octanol–water partition coefficient (Wildman–Crippen LogP) is 5.03. The van der Waals surface area contributed by atoms with Gasteiger partial charge in [0.25, 0.3) is 5.91 Å². The first kappa shape index (κ1) is 18.5. The van der Waals surface area contributed by atoms with Crippen molar-refractivity contribution in [1.29, 1.82) is 0 Å². The first-order valence-electron chi connectivity index (χ1n) is 9.67. The summed E-state index contributed by atoms with van der Waals surface area (Å²) in [6.45, 7) is 10.7. The molecule has 1 saturated heterocycles. The number of piperidine rings is 1. The molecule has 2 aromatic carbocycles. The minimum absolute atomic E-state index is 0.0143. The van der Waals surface area contributed by atoms with Gasteiger partial charge in [0.15, 0.2) is 0 Å². The SMILES string of the molecule is Cc1ccc(C(=O)N[C@H](C)c2ccc(N3CCC(C)CC3)cc2)cc1C. The lowest BCUT2D eigenvalue weighted by Gasteiger charge is -2.32. The number of carbonyl (C=O) groups excluding carboxylic acids is 1. The van der Waals surface area contributed by atoms with Gasteiger partial charge in [-0.1, -0.05) is 25.1 Å². The van der Waals surface area contributed by atoms with Gasteiger partial charge in [-0.3, -0.25) is 4.79 Å². The Balaban J connectivity index is 1.63. The van der Waals surface area contributed by atoms with Crippen molar-refractivity contribution in [3.8, 4) is 0 Å². The molecule has 1 fully saturated rings. The van der Waals surface area contributed by atoms with Crippen molar-refractivity contribution in [3.05, 3.63) is 64.7 Å². The number of rotatable bonds is 4. The summed E-state index contributed by atoms with van der Waals surface area (Å²) in [5.74, 6) is 0.820. The molecule has 0 aliphatic carbocycles. The highest BCUT2D eigenvalue weighted by Crippen LogP contribution is 2.24. The molecule has 0 unspecified atom stereocenters. The van der Waals surface area contributed by atoms with E-state index in [1.54, 1.807) is 0 Å². The van der Waals surface area contributed by atoms with Gasteiger partial charge in [0.05, 0.1) is 6.04 Å². The molecule has 3 heteroatoms. The molecule has 2 aromatic rings. The second-order valence-electron chi connectivity index (χ2n) is 7.76. The number of hydrogen-bond acceptors (Lipinski definition) is 2. The number of nitrogens with zero attached hydrogens (tertiary/aromatic N) is 1. The van der Waals surface area contributed by atoms with E-state index in [1.165, 1.54) is 24.1 Å². The van der Waals surface area contributed by atoms with E-state index in [1.807, 2.05) is 32.0 Å². The summed E-state index contributed by atoms with van der Waals surface area (Å²) in [4.78, 5) is 15.0. The van der Waals surface area contributed by atoms with Crippen LogP contribution in [0, 0.1) is 19.8 Å². The van der Waals surface area contributed by atoms with Gasteiger partial charge in [-0.25, -0.2) is 0 Å². The molecule has 1 aliphatic heterocycles. The molecule has 0 radical (unpaired) electrons. The Morgan fingerprint density at radius 1 is 1.04 bits per heavy atom. The number of benzene rings is 2. The van der Waals surface area contributed by atoms with Crippen LogP contribution >= 0.6 is 0 Å². The summed E-state index contributed by atoms with van der Waals surface area (Å²) in [7, 11) is 0. The maximum atomic E-state index is 12.5. The van der Waals surface area contributed by atoms with E-state index in [4.69, 9.17) is 0 Å². The molecule has 0 saturated carbocycles. The fraction of sp³-hybridized carbons (Fsp3) is 0.435. The number of amides is 1. The summed E-state index contributed by atoms with van der Waals surface area (Å²) < 4.78 is 0. The number of aryl methyl sites for hydroxylation is 2. The zero-order chi connectivity index (χ0) is 18.7. The Morgan fingerprint density at radius 3 is 2.31 bits per heavy atom. The minimum Gasteiger partial charge on any atom is -0.372 e. The number of nitrogens with one attached hydrogen (secondary N) is 1. The molecular formula is C23H30N2O. The van der Waals surface area contributed by atoms with E-state index in [2.05, 4.69) is 48.3 Å². The lowest BCUT2D eigenvalue weighted by atomic mass is 9.98. The molecule has 1 heterocycles. The van der Waals surface area contributed by atoms with E-state index < -0.39 is 0 Å². The molecule has 1 aliphatic rings. The molecule has 1 atom stereocenters. The first-order valence-corrected chi connectivity index (χ1v) is 9.67. The van der Waals surface area contributed by atoms with Crippen LogP contribution in [-0.2, 0) is 0 Å². The third kappa shape index (κ3) is 4.27. The fourth-order valence-corrected chi connectivity index (χ4v) is 3.49. The van der Waals surface area contributed by atoms with Gasteiger partial charge < -0.3 is 10.2 Å². The van der Waals surface area contributed by atoms with Crippen LogP contribution in [0.2, 0.25) is 0 Å². The van der Waals surface area contributed by atoms with Gasteiger partial charge in [-0.15, -0.1) is 0 Å². The Bertz CT molecular complexity index is 758. The summed E-state index contributed by atoms with van der Waals surface area (Å²) in [6, 6.07) is 14.5. The van der Waals surface area contributed by atoms with Crippen LogP contribution in [0.5, 0.6) is 0 Å². The van der Waals surface area contributed by atoms with Crippen LogP contribution in [0.3, 0.4) is 0 Å². The first-order chi connectivity index (χ1) is 12.4. The molecule has 3 rings (SSSR count). The monoisotopic (exact) mass is 350 g/mol. The summed E-state index contributed by atoms with van der Waals surface area (Å²) in [5.41, 5.74) is 5.49. The third-order valence-corrected chi connectivity index (χ3v) is 5.66. The van der Waals surface area contributed by atoms with E-state index in [9.17, 15) is 4.79 Å². The molecule has 0 spiro atoms. The second kappa shape index (κ2) is 7.94.